The summed E-state index contributed by atoms with van der Waals surface area (Å²) in [5.74, 6) is 1.48. The minimum absolute atomic E-state index is 0.241. The Labute approximate surface area is 267 Å². The van der Waals surface area contributed by atoms with E-state index in [-0.39, 0.29) is 5.92 Å². The molecule has 0 unspecified atom stereocenters. The SMILES string of the molecule is CN=CC(=CN)c1cc(Nc2nc(Nc3ccc4nccnc4c3P(C)(C)=O)c3cc[nH]c3n2)c(OC)nc1C1CCN(C)CC1. The van der Waals surface area contributed by atoms with Gasteiger partial charge < -0.3 is 35.6 Å². The molecule has 0 atom stereocenters. The van der Waals surface area contributed by atoms with Gasteiger partial charge in [-0.25, -0.2) is 4.98 Å². The Morgan fingerprint density at radius 1 is 1.11 bits per heavy atom. The maximum atomic E-state index is 13.5. The summed E-state index contributed by atoms with van der Waals surface area (Å²) in [5, 5.41) is 8.12. The Balaban J connectivity index is 1.43. The van der Waals surface area contributed by atoms with Crippen LogP contribution in [0.5, 0.6) is 5.88 Å². The van der Waals surface area contributed by atoms with Crippen LogP contribution in [-0.2, 0) is 4.57 Å². The topological polar surface area (TPSA) is 172 Å². The van der Waals surface area contributed by atoms with Crippen LogP contribution in [0.15, 0.2) is 54.0 Å². The van der Waals surface area contributed by atoms with Crippen molar-refractivity contribution < 1.29 is 9.30 Å². The molecule has 1 saturated heterocycles. The first-order valence-corrected chi connectivity index (χ1v) is 17.6. The fourth-order valence-electron chi connectivity index (χ4n) is 5.93. The Bertz CT molecular complexity index is 2010. The standard InChI is InChI=1S/C32H38N11O2P/c1-34-18-20(17-33)22-16-25(31(45-3)40-26(22)19-9-14-43(2)15-10-19)39-32-41-29-21(8-11-37-29)30(42-32)38-24-7-6-23-27(36-13-12-35-23)28(24)46(4,5)44/h6-8,11-13,16-19H,9-10,14-15,33H2,1-5H3,(H3,37,38,39,41,42). The number of aromatic nitrogens is 6. The van der Waals surface area contributed by atoms with Gasteiger partial charge in [0, 0.05) is 55.1 Å². The second kappa shape index (κ2) is 12.9. The molecule has 0 radical (unpaired) electrons. The molecule has 0 aliphatic carbocycles. The number of allylic oxidation sites excluding steroid dienone is 1. The maximum absolute atomic E-state index is 13.5. The molecule has 5 heterocycles. The number of likely N-dealkylation sites (tertiary alicyclic amines) is 1. The third-order valence-corrected chi connectivity index (χ3v) is 9.67. The summed E-state index contributed by atoms with van der Waals surface area (Å²) in [6, 6.07) is 7.57. The number of nitrogens with one attached hydrogen (secondary N) is 3. The molecule has 5 aromatic rings. The molecule has 238 valence electrons. The lowest BCUT2D eigenvalue weighted by Gasteiger charge is -2.30. The van der Waals surface area contributed by atoms with Crippen LogP contribution in [0.3, 0.4) is 0 Å². The number of methoxy groups -OCH3 is 1. The number of nitrogens with zero attached hydrogens (tertiary/aromatic N) is 7. The zero-order valence-corrected chi connectivity index (χ0v) is 27.5. The van der Waals surface area contributed by atoms with Gasteiger partial charge in [-0.1, -0.05) is 0 Å². The van der Waals surface area contributed by atoms with Crippen molar-refractivity contribution in [1.82, 2.24) is 34.8 Å². The fraction of sp³-hybridized carbons (Fsp3) is 0.312. The molecule has 1 aromatic carbocycles. The molecule has 1 fully saturated rings. The van der Waals surface area contributed by atoms with E-state index in [2.05, 4.69) is 42.5 Å². The van der Waals surface area contributed by atoms with Crippen molar-refractivity contribution in [3.05, 3.63) is 60.3 Å². The number of fused-ring (bicyclic) bond motifs is 2. The zero-order valence-electron chi connectivity index (χ0n) is 26.6. The zero-order chi connectivity index (χ0) is 32.4. The van der Waals surface area contributed by atoms with Crippen molar-refractivity contribution >= 4 is 69.4 Å². The third-order valence-electron chi connectivity index (χ3n) is 8.14. The minimum atomic E-state index is -2.79. The molecule has 14 heteroatoms. The number of anilines is 4. The summed E-state index contributed by atoms with van der Waals surface area (Å²) < 4.78 is 19.3. The molecule has 1 aliphatic rings. The van der Waals surface area contributed by atoms with Crippen molar-refractivity contribution in [2.75, 3.05) is 58.3 Å². The van der Waals surface area contributed by atoms with E-state index in [0.29, 0.717) is 51.0 Å². The third kappa shape index (κ3) is 6.16. The van der Waals surface area contributed by atoms with Gasteiger partial charge in [-0.3, -0.25) is 15.0 Å². The normalized spacial score (nSPS) is 15.2. The molecule has 46 heavy (non-hydrogen) atoms. The molecule has 0 amide bonds. The van der Waals surface area contributed by atoms with E-state index >= 15 is 0 Å². The number of hydrogen-bond donors (Lipinski definition) is 4. The molecule has 6 rings (SSSR count). The lowest BCUT2D eigenvalue weighted by atomic mass is 9.88. The number of rotatable bonds is 9. The maximum Gasteiger partial charge on any atom is 0.237 e. The van der Waals surface area contributed by atoms with E-state index in [1.807, 2.05) is 24.3 Å². The van der Waals surface area contributed by atoms with Gasteiger partial charge in [0.1, 0.15) is 29.8 Å². The quantitative estimate of drug-likeness (QED) is 0.128. The van der Waals surface area contributed by atoms with Crippen LogP contribution in [0.1, 0.15) is 30.0 Å². The van der Waals surface area contributed by atoms with E-state index in [0.717, 1.165) is 48.1 Å². The Kier molecular flexibility index (Phi) is 8.70. The van der Waals surface area contributed by atoms with Gasteiger partial charge >= 0.3 is 0 Å². The van der Waals surface area contributed by atoms with Crippen LogP contribution in [0, 0.1) is 0 Å². The van der Waals surface area contributed by atoms with Crippen LogP contribution >= 0.6 is 7.14 Å². The van der Waals surface area contributed by atoms with Gasteiger partial charge in [-0.15, -0.1) is 0 Å². The molecule has 4 aromatic heterocycles. The molecule has 0 spiro atoms. The van der Waals surface area contributed by atoms with Crippen LogP contribution in [0.4, 0.5) is 23.1 Å². The summed E-state index contributed by atoms with van der Waals surface area (Å²) >= 11 is 0. The molecule has 1 aliphatic heterocycles. The average molecular weight is 640 g/mol. The minimum Gasteiger partial charge on any atom is -0.480 e. The van der Waals surface area contributed by atoms with E-state index < -0.39 is 7.14 Å². The first-order chi connectivity index (χ1) is 22.2. The Morgan fingerprint density at radius 2 is 1.89 bits per heavy atom. The number of nitrogens with two attached hydrogens (primary N) is 1. The van der Waals surface area contributed by atoms with Gasteiger partial charge in [0.25, 0.3) is 0 Å². The lowest BCUT2D eigenvalue weighted by Crippen LogP contribution is -2.30. The molecule has 0 saturated carbocycles. The van der Waals surface area contributed by atoms with Crippen molar-refractivity contribution in [3.8, 4) is 5.88 Å². The number of aliphatic imine (C=N–C) groups is 1. The summed E-state index contributed by atoms with van der Waals surface area (Å²) in [6.07, 6.45) is 10.3. The predicted molar refractivity (Wildman–Crippen MR) is 186 cm³/mol. The van der Waals surface area contributed by atoms with Gasteiger partial charge in [0.15, 0.2) is 0 Å². The Morgan fingerprint density at radius 3 is 2.61 bits per heavy atom. The van der Waals surface area contributed by atoms with E-state index in [9.17, 15) is 4.57 Å². The van der Waals surface area contributed by atoms with E-state index in [1.165, 1.54) is 0 Å². The second-order valence-corrected chi connectivity index (χ2v) is 14.8. The summed E-state index contributed by atoms with van der Waals surface area (Å²) in [6.45, 7) is 5.41. The van der Waals surface area contributed by atoms with Crippen molar-refractivity contribution in [2.45, 2.75) is 18.8 Å². The number of ether oxygens (including phenoxy) is 1. The van der Waals surface area contributed by atoms with Crippen LogP contribution in [0.2, 0.25) is 0 Å². The van der Waals surface area contributed by atoms with E-state index in [1.54, 1.807) is 58.5 Å². The summed E-state index contributed by atoms with van der Waals surface area (Å²) in [7, 11) is 2.65. The molecule has 5 N–H and O–H groups in total. The highest BCUT2D eigenvalue weighted by molar-refractivity contribution is 7.71. The van der Waals surface area contributed by atoms with Crippen LogP contribution < -0.4 is 26.4 Å². The summed E-state index contributed by atoms with van der Waals surface area (Å²) in [4.78, 5) is 33.3. The number of aromatic amines is 1. The molecular weight excluding hydrogens is 601 g/mol. The lowest BCUT2D eigenvalue weighted by molar-refractivity contribution is 0.252. The number of H-pyrrole nitrogens is 1. The van der Waals surface area contributed by atoms with Crippen molar-refractivity contribution in [2.24, 2.45) is 10.7 Å². The summed E-state index contributed by atoms with van der Waals surface area (Å²) in [5.41, 5.74) is 11.7. The first-order valence-electron chi connectivity index (χ1n) is 15.0. The number of pyridine rings is 1. The largest absolute Gasteiger partial charge is 0.480 e. The van der Waals surface area contributed by atoms with Crippen LogP contribution in [0.25, 0.3) is 27.6 Å². The highest BCUT2D eigenvalue weighted by Crippen LogP contribution is 2.42. The smallest absolute Gasteiger partial charge is 0.237 e. The fourth-order valence-corrected chi connectivity index (χ4v) is 7.32. The number of benzene rings is 1. The highest BCUT2D eigenvalue weighted by Gasteiger charge is 2.26. The first kappa shape index (κ1) is 31.1. The molecular formula is C32H38N11O2P. The average Bonchev–Trinajstić information content (AvgIpc) is 3.52. The monoisotopic (exact) mass is 639 g/mol. The Hall–Kier alpha value is -4.87. The van der Waals surface area contributed by atoms with E-state index in [4.69, 9.17) is 25.4 Å². The van der Waals surface area contributed by atoms with Crippen LogP contribution in [-0.4, -0.2) is 88.6 Å². The molecule has 13 nitrogen and oxygen atoms in total. The van der Waals surface area contributed by atoms with Crippen molar-refractivity contribution in [3.63, 3.8) is 0 Å². The van der Waals surface area contributed by atoms with Gasteiger partial charge in [-0.2, -0.15) is 9.97 Å². The second-order valence-electron chi connectivity index (χ2n) is 11.7. The van der Waals surface area contributed by atoms with Gasteiger partial charge in [-0.05, 0) is 70.6 Å². The molecule has 0 bridgehead atoms. The predicted octanol–water partition coefficient (Wildman–Crippen LogP) is 4.85. The highest BCUT2D eigenvalue weighted by atomic mass is 31.2. The number of hydrogen-bond acceptors (Lipinski definition) is 12. The number of piperidine rings is 1. The van der Waals surface area contributed by atoms with Crippen molar-refractivity contribution in [1.29, 1.82) is 0 Å². The van der Waals surface area contributed by atoms with Gasteiger partial charge in [0.2, 0.25) is 11.8 Å². The van der Waals surface area contributed by atoms with Gasteiger partial charge in [0.05, 0.1) is 34.7 Å².